The molecule has 2 aliphatic carbocycles. The Kier molecular flexibility index (Phi) is 5.55. The van der Waals surface area contributed by atoms with Gasteiger partial charge in [-0.3, -0.25) is 4.79 Å². The lowest BCUT2D eigenvalue weighted by Gasteiger charge is -2.27. The highest BCUT2D eigenvalue weighted by Gasteiger charge is 2.22. The fourth-order valence-corrected chi connectivity index (χ4v) is 3.71. The molecule has 2 N–H and O–H groups in total. The van der Waals surface area contributed by atoms with Crippen LogP contribution in [0.2, 0.25) is 0 Å². The molecule has 1 aromatic carbocycles. The minimum absolute atomic E-state index is 0.0461. The first kappa shape index (κ1) is 16.3. The molecule has 0 radical (unpaired) electrons. The molecular formula is C19H27NO3. The van der Waals surface area contributed by atoms with Crippen LogP contribution in [0, 0.1) is 5.92 Å². The first-order valence-corrected chi connectivity index (χ1v) is 8.89. The zero-order valence-electron chi connectivity index (χ0n) is 13.7. The molecule has 4 heteroatoms. The van der Waals surface area contributed by atoms with Gasteiger partial charge in [-0.1, -0.05) is 6.07 Å². The van der Waals surface area contributed by atoms with Gasteiger partial charge in [-0.15, -0.1) is 0 Å². The predicted molar refractivity (Wildman–Crippen MR) is 89.6 cm³/mol. The topological polar surface area (TPSA) is 58.6 Å². The summed E-state index contributed by atoms with van der Waals surface area (Å²) in [5.74, 6) is 1.16. The quantitative estimate of drug-likeness (QED) is 0.877. The maximum Gasteiger partial charge on any atom is 0.258 e. The average molecular weight is 317 g/mol. The summed E-state index contributed by atoms with van der Waals surface area (Å²) >= 11 is 0. The van der Waals surface area contributed by atoms with E-state index in [1.54, 1.807) is 0 Å². The van der Waals surface area contributed by atoms with Gasteiger partial charge in [-0.05, 0) is 80.5 Å². The van der Waals surface area contributed by atoms with E-state index in [1.165, 1.54) is 24.0 Å². The zero-order valence-corrected chi connectivity index (χ0v) is 13.7. The Morgan fingerprint density at radius 2 is 1.87 bits per heavy atom. The number of hydrogen-bond donors (Lipinski definition) is 2. The molecule has 1 amide bonds. The minimum atomic E-state index is -0.0461. The normalized spacial score (nSPS) is 23.9. The van der Waals surface area contributed by atoms with Gasteiger partial charge in [0, 0.05) is 12.6 Å². The molecular weight excluding hydrogens is 290 g/mol. The molecule has 1 saturated carbocycles. The van der Waals surface area contributed by atoms with E-state index < -0.39 is 0 Å². The Bertz CT molecular complexity index is 535. The van der Waals surface area contributed by atoms with Gasteiger partial charge in [0.05, 0.1) is 0 Å². The molecule has 0 spiro atoms. The number of aryl methyl sites for hydroxylation is 2. The first-order valence-electron chi connectivity index (χ1n) is 8.89. The van der Waals surface area contributed by atoms with Crippen LogP contribution in [0.4, 0.5) is 0 Å². The lowest BCUT2D eigenvalue weighted by atomic mass is 9.86. The number of ether oxygens (including phenoxy) is 1. The summed E-state index contributed by atoms with van der Waals surface area (Å²) in [6, 6.07) is 6.44. The van der Waals surface area contributed by atoms with E-state index in [0.717, 1.165) is 44.3 Å². The summed E-state index contributed by atoms with van der Waals surface area (Å²) in [6.07, 6.45) is 8.69. The zero-order chi connectivity index (χ0) is 16.1. The van der Waals surface area contributed by atoms with Crippen molar-refractivity contribution in [2.24, 2.45) is 5.92 Å². The molecule has 126 valence electrons. The van der Waals surface area contributed by atoms with E-state index in [1.807, 2.05) is 6.07 Å². The monoisotopic (exact) mass is 317 g/mol. The predicted octanol–water partition coefficient (Wildman–Crippen LogP) is 2.61. The van der Waals surface area contributed by atoms with E-state index in [4.69, 9.17) is 9.84 Å². The van der Waals surface area contributed by atoms with Crippen molar-refractivity contribution >= 4 is 5.91 Å². The standard InChI is InChI=1S/C19H27NO3/c21-12-14-5-8-17(9-6-14)20-19(22)13-23-18-10-7-15-3-1-2-4-16(15)11-18/h7,10-11,14,17,21H,1-6,8-9,12-13H2,(H,20,22). The third-order valence-electron chi connectivity index (χ3n) is 5.16. The maximum atomic E-state index is 12.0. The second kappa shape index (κ2) is 7.82. The SMILES string of the molecule is O=C(COc1ccc2c(c1)CCCC2)NC1CCC(CO)CC1. The number of carbonyl (C=O) groups is 1. The van der Waals surface area contributed by atoms with Gasteiger partial charge in [0.2, 0.25) is 0 Å². The Morgan fingerprint density at radius 1 is 1.13 bits per heavy atom. The third kappa shape index (κ3) is 4.47. The summed E-state index contributed by atoms with van der Waals surface area (Å²) in [7, 11) is 0. The van der Waals surface area contributed by atoms with Crippen LogP contribution in [-0.2, 0) is 17.6 Å². The summed E-state index contributed by atoms with van der Waals surface area (Å²) in [4.78, 5) is 12.0. The van der Waals surface area contributed by atoms with Crippen LogP contribution >= 0.6 is 0 Å². The van der Waals surface area contributed by atoms with Crippen molar-refractivity contribution in [3.63, 3.8) is 0 Å². The molecule has 1 aromatic rings. The van der Waals surface area contributed by atoms with Gasteiger partial charge < -0.3 is 15.2 Å². The maximum absolute atomic E-state index is 12.0. The van der Waals surface area contributed by atoms with E-state index in [-0.39, 0.29) is 25.2 Å². The van der Waals surface area contributed by atoms with Gasteiger partial charge in [0.25, 0.3) is 5.91 Å². The highest BCUT2D eigenvalue weighted by atomic mass is 16.5. The van der Waals surface area contributed by atoms with E-state index in [9.17, 15) is 4.79 Å². The minimum Gasteiger partial charge on any atom is -0.484 e. The van der Waals surface area contributed by atoms with Crippen molar-refractivity contribution < 1.29 is 14.6 Å². The number of amides is 1. The first-order chi connectivity index (χ1) is 11.2. The molecule has 0 unspecified atom stereocenters. The van der Waals surface area contributed by atoms with Crippen molar-refractivity contribution in [3.05, 3.63) is 29.3 Å². The van der Waals surface area contributed by atoms with E-state index >= 15 is 0 Å². The van der Waals surface area contributed by atoms with Gasteiger partial charge in [0.15, 0.2) is 6.61 Å². The lowest BCUT2D eigenvalue weighted by Crippen LogP contribution is -2.40. The molecule has 0 aliphatic heterocycles. The van der Waals surface area contributed by atoms with Gasteiger partial charge in [-0.2, -0.15) is 0 Å². The molecule has 0 bridgehead atoms. The van der Waals surface area contributed by atoms with Gasteiger partial charge >= 0.3 is 0 Å². The van der Waals surface area contributed by atoms with E-state index in [0.29, 0.717) is 5.92 Å². The second-order valence-corrected chi connectivity index (χ2v) is 6.89. The summed E-state index contributed by atoms with van der Waals surface area (Å²) in [5, 5.41) is 12.2. The van der Waals surface area contributed by atoms with Crippen molar-refractivity contribution in [2.45, 2.75) is 57.4 Å². The molecule has 0 aromatic heterocycles. The fraction of sp³-hybridized carbons (Fsp3) is 0.632. The number of nitrogens with one attached hydrogen (secondary N) is 1. The third-order valence-corrected chi connectivity index (χ3v) is 5.16. The highest BCUT2D eigenvalue weighted by molar-refractivity contribution is 5.77. The van der Waals surface area contributed by atoms with Crippen molar-refractivity contribution in [1.82, 2.24) is 5.32 Å². The molecule has 0 heterocycles. The van der Waals surface area contributed by atoms with Crippen LogP contribution in [-0.4, -0.2) is 30.3 Å². The number of benzene rings is 1. The molecule has 23 heavy (non-hydrogen) atoms. The Labute approximate surface area is 138 Å². The summed E-state index contributed by atoms with van der Waals surface area (Å²) < 4.78 is 5.67. The van der Waals surface area contributed by atoms with Crippen LogP contribution in [0.1, 0.15) is 49.7 Å². The van der Waals surface area contributed by atoms with Crippen molar-refractivity contribution in [1.29, 1.82) is 0 Å². The Morgan fingerprint density at radius 3 is 2.61 bits per heavy atom. The number of hydrogen-bond acceptors (Lipinski definition) is 3. The second-order valence-electron chi connectivity index (χ2n) is 6.89. The number of carbonyl (C=O) groups excluding carboxylic acids is 1. The largest absolute Gasteiger partial charge is 0.484 e. The van der Waals surface area contributed by atoms with Crippen LogP contribution in [0.25, 0.3) is 0 Å². The van der Waals surface area contributed by atoms with Gasteiger partial charge in [0.1, 0.15) is 5.75 Å². The van der Waals surface area contributed by atoms with Crippen LogP contribution in [0.5, 0.6) is 5.75 Å². The molecule has 3 rings (SSSR count). The van der Waals surface area contributed by atoms with E-state index in [2.05, 4.69) is 17.4 Å². The lowest BCUT2D eigenvalue weighted by molar-refractivity contribution is -0.124. The van der Waals surface area contributed by atoms with Crippen LogP contribution in [0.3, 0.4) is 0 Å². The number of fused-ring (bicyclic) bond motifs is 1. The van der Waals surface area contributed by atoms with Crippen molar-refractivity contribution in [3.8, 4) is 5.75 Å². The molecule has 0 saturated heterocycles. The summed E-state index contributed by atoms with van der Waals surface area (Å²) in [5.41, 5.74) is 2.80. The van der Waals surface area contributed by atoms with Crippen LogP contribution < -0.4 is 10.1 Å². The Balaban J connectivity index is 1.44. The highest BCUT2D eigenvalue weighted by Crippen LogP contribution is 2.26. The number of aliphatic hydroxyl groups is 1. The molecule has 2 aliphatic rings. The Hall–Kier alpha value is -1.55. The molecule has 4 nitrogen and oxygen atoms in total. The molecule has 0 atom stereocenters. The summed E-state index contributed by atoms with van der Waals surface area (Å²) in [6.45, 7) is 0.348. The number of rotatable bonds is 5. The molecule has 1 fully saturated rings. The average Bonchev–Trinajstić information content (AvgIpc) is 2.60. The fourth-order valence-electron chi connectivity index (χ4n) is 3.71. The van der Waals surface area contributed by atoms with Gasteiger partial charge in [-0.25, -0.2) is 0 Å². The van der Waals surface area contributed by atoms with Crippen LogP contribution in [0.15, 0.2) is 18.2 Å². The number of aliphatic hydroxyl groups excluding tert-OH is 1. The smallest absolute Gasteiger partial charge is 0.258 e. The van der Waals surface area contributed by atoms with Crippen molar-refractivity contribution in [2.75, 3.05) is 13.2 Å².